The molecule has 0 fully saturated rings. The maximum Gasteiger partial charge on any atom is 0.254 e. The molecule has 0 aromatic carbocycles. The van der Waals surface area contributed by atoms with Crippen LogP contribution in [0.5, 0.6) is 0 Å². The molecule has 84 valence electrons. The van der Waals surface area contributed by atoms with Crippen LogP contribution in [0.1, 0.15) is 23.0 Å². The lowest BCUT2D eigenvalue weighted by Crippen LogP contribution is -2.37. The minimum Gasteiger partial charge on any atom is -0.350 e. The van der Waals surface area contributed by atoms with Crippen LogP contribution in [-0.2, 0) is 7.05 Å². The fourth-order valence-electron chi connectivity index (χ4n) is 1.16. The van der Waals surface area contributed by atoms with E-state index in [2.05, 4.69) is 15.7 Å². The van der Waals surface area contributed by atoms with Crippen molar-refractivity contribution in [1.82, 2.24) is 20.4 Å². The Balaban J connectivity index is 2.58. The van der Waals surface area contributed by atoms with Gasteiger partial charge in [0.25, 0.3) is 5.91 Å². The van der Waals surface area contributed by atoms with Gasteiger partial charge in [-0.15, -0.1) is 0 Å². The van der Waals surface area contributed by atoms with Crippen LogP contribution in [0.4, 0.5) is 0 Å². The highest BCUT2D eigenvalue weighted by Gasteiger charge is 2.12. The highest BCUT2D eigenvalue weighted by atomic mass is 16.1. The Bertz CT molecular complexity index is 345. The van der Waals surface area contributed by atoms with Crippen molar-refractivity contribution >= 4 is 5.91 Å². The van der Waals surface area contributed by atoms with Gasteiger partial charge in [0.1, 0.15) is 0 Å². The van der Waals surface area contributed by atoms with Crippen LogP contribution in [0.3, 0.4) is 0 Å². The number of carbonyl (C=O) groups excluding carboxylic acids is 1. The third kappa shape index (κ3) is 2.79. The minimum absolute atomic E-state index is 0.0669. The van der Waals surface area contributed by atoms with Gasteiger partial charge in [-0.2, -0.15) is 5.10 Å². The fourth-order valence-corrected chi connectivity index (χ4v) is 1.16. The molecule has 0 radical (unpaired) electrons. The van der Waals surface area contributed by atoms with Crippen molar-refractivity contribution in [3.63, 3.8) is 0 Å². The lowest BCUT2D eigenvalue weighted by Gasteiger charge is -2.10. The number of carbonyl (C=O) groups is 1. The summed E-state index contributed by atoms with van der Waals surface area (Å²) in [6, 6.07) is 0.269. The maximum atomic E-state index is 11.7. The van der Waals surface area contributed by atoms with Crippen LogP contribution in [0, 0.1) is 6.92 Å². The molecule has 0 aliphatic carbocycles. The zero-order valence-electron chi connectivity index (χ0n) is 9.66. The zero-order chi connectivity index (χ0) is 11.4. The number of hydrogen-bond donors (Lipinski definition) is 2. The molecule has 0 aliphatic rings. The van der Waals surface area contributed by atoms with Crippen LogP contribution in [0.25, 0.3) is 0 Å². The Labute approximate surface area is 89.9 Å². The average Bonchev–Trinajstić information content (AvgIpc) is 2.56. The van der Waals surface area contributed by atoms with Gasteiger partial charge in [-0.3, -0.25) is 9.48 Å². The predicted octanol–water partition coefficient (Wildman–Crippen LogP) is 0.0662. The van der Waals surface area contributed by atoms with Gasteiger partial charge in [-0.05, 0) is 20.9 Å². The van der Waals surface area contributed by atoms with Gasteiger partial charge in [0.2, 0.25) is 0 Å². The lowest BCUT2D eigenvalue weighted by atomic mass is 10.2. The number of nitrogens with zero attached hydrogens (tertiary/aromatic N) is 2. The normalized spacial score (nSPS) is 12.5. The Hall–Kier alpha value is -1.36. The Kier molecular flexibility index (Phi) is 3.85. The summed E-state index contributed by atoms with van der Waals surface area (Å²) in [6.45, 7) is 4.50. The van der Waals surface area contributed by atoms with Crippen molar-refractivity contribution in [2.75, 3.05) is 13.6 Å². The SMILES string of the molecule is CNC(C)CNC(=O)c1cnn(C)c1C. The first-order valence-corrected chi connectivity index (χ1v) is 5.00. The van der Waals surface area contributed by atoms with Crippen molar-refractivity contribution in [2.24, 2.45) is 7.05 Å². The van der Waals surface area contributed by atoms with E-state index in [-0.39, 0.29) is 11.9 Å². The molecule has 1 aromatic rings. The molecule has 2 N–H and O–H groups in total. The summed E-state index contributed by atoms with van der Waals surface area (Å²) in [5, 5.41) is 9.93. The van der Waals surface area contributed by atoms with Crippen molar-refractivity contribution in [1.29, 1.82) is 0 Å². The smallest absolute Gasteiger partial charge is 0.254 e. The molecule has 5 heteroatoms. The van der Waals surface area contributed by atoms with E-state index in [0.29, 0.717) is 12.1 Å². The highest BCUT2D eigenvalue weighted by Crippen LogP contribution is 2.04. The molecule has 15 heavy (non-hydrogen) atoms. The first kappa shape index (κ1) is 11.7. The number of amides is 1. The van der Waals surface area contributed by atoms with E-state index in [1.54, 1.807) is 10.9 Å². The summed E-state index contributed by atoms with van der Waals surface area (Å²) in [5.41, 5.74) is 1.52. The number of nitrogens with one attached hydrogen (secondary N) is 2. The third-order valence-corrected chi connectivity index (χ3v) is 2.54. The van der Waals surface area contributed by atoms with Crippen LogP contribution in [-0.4, -0.2) is 35.3 Å². The van der Waals surface area contributed by atoms with Gasteiger partial charge in [0.05, 0.1) is 11.8 Å². The molecule has 1 heterocycles. The van der Waals surface area contributed by atoms with Gasteiger partial charge >= 0.3 is 0 Å². The standard InChI is InChI=1S/C10H18N4O/c1-7(11-3)5-12-10(15)9-6-13-14(4)8(9)2/h6-7,11H,5H2,1-4H3,(H,12,15). The Morgan fingerprint density at radius 1 is 1.67 bits per heavy atom. The van der Waals surface area contributed by atoms with Gasteiger partial charge in [-0.1, -0.05) is 0 Å². The molecule has 1 atom stereocenters. The average molecular weight is 210 g/mol. The highest BCUT2D eigenvalue weighted by molar-refractivity contribution is 5.95. The molecular weight excluding hydrogens is 192 g/mol. The summed E-state index contributed by atoms with van der Waals surface area (Å²) in [6.07, 6.45) is 1.59. The summed E-state index contributed by atoms with van der Waals surface area (Å²) in [5.74, 6) is -0.0669. The van der Waals surface area contributed by atoms with Crippen LogP contribution in [0.2, 0.25) is 0 Å². The van der Waals surface area contributed by atoms with Crippen LogP contribution in [0.15, 0.2) is 6.20 Å². The summed E-state index contributed by atoms with van der Waals surface area (Å²) < 4.78 is 1.69. The van der Waals surface area contributed by atoms with E-state index in [1.807, 2.05) is 27.9 Å². The third-order valence-electron chi connectivity index (χ3n) is 2.54. The second-order valence-corrected chi connectivity index (χ2v) is 3.67. The van der Waals surface area contributed by atoms with E-state index in [1.165, 1.54) is 0 Å². The van der Waals surface area contributed by atoms with Gasteiger partial charge < -0.3 is 10.6 Å². The molecule has 0 spiro atoms. The number of likely N-dealkylation sites (N-methyl/N-ethyl adjacent to an activating group) is 1. The van der Waals surface area contributed by atoms with Crippen molar-refractivity contribution in [3.8, 4) is 0 Å². The molecule has 1 aromatic heterocycles. The molecule has 0 aliphatic heterocycles. The van der Waals surface area contributed by atoms with Gasteiger partial charge in [-0.25, -0.2) is 0 Å². The molecular formula is C10H18N4O. The Morgan fingerprint density at radius 3 is 2.80 bits per heavy atom. The van der Waals surface area contributed by atoms with Gasteiger partial charge in [0.15, 0.2) is 0 Å². The summed E-state index contributed by atoms with van der Waals surface area (Å²) in [4.78, 5) is 11.7. The van der Waals surface area contributed by atoms with Crippen molar-refractivity contribution in [3.05, 3.63) is 17.5 Å². The quantitative estimate of drug-likeness (QED) is 0.739. The fraction of sp³-hybridized carbons (Fsp3) is 0.600. The topological polar surface area (TPSA) is 58.9 Å². The van der Waals surface area contributed by atoms with Crippen LogP contribution < -0.4 is 10.6 Å². The molecule has 0 bridgehead atoms. The molecule has 0 saturated heterocycles. The molecule has 1 unspecified atom stereocenters. The summed E-state index contributed by atoms with van der Waals surface area (Å²) >= 11 is 0. The number of aryl methyl sites for hydroxylation is 1. The number of rotatable bonds is 4. The second kappa shape index (κ2) is 4.93. The summed E-state index contributed by atoms with van der Waals surface area (Å²) in [7, 11) is 3.69. The molecule has 5 nitrogen and oxygen atoms in total. The van der Waals surface area contributed by atoms with Crippen molar-refractivity contribution in [2.45, 2.75) is 19.9 Å². The minimum atomic E-state index is -0.0669. The van der Waals surface area contributed by atoms with Gasteiger partial charge in [0, 0.05) is 25.3 Å². The predicted molar refractivity (Wildman–Crippen MR) is 58.8 cm³/mol. The first-order chi connectivity index (χ1) is 7.06. The van der Waals surface area contributed by atoms with E-state index in [9.17, 15) is 4.79 Å². The molecule has 1 rings (SSSR count). The van der Waals surface area contributed by atoms with E-state index < -0.39 is 0 Å². The van der Waals surface area contributed by atoms with E-state index >= 15 is 0 Å². The number of aromatic nitrogens is 2. The first-order valence-electron chi connectivity index (χ1n) is 5.00. The van der Waals surface area contributed by atoms with E-state index in [0.717, 1.165) is 5.69 Å². The second-order valence-electron chi connectivity index (χ2n) is 3.67. The Morgan fingerprint density at radius 2 is 2.33 bits per heavy atom. The van der Waals surface area contributed by atoms with Crippen LogP contribution >= 0.6 is 0 Å². The van der Waals surface area contributed by atoms with Crippen molar-refractivity contribution < 1.29 is 4.79 Å². The molecule has 1 amide bonds. The molecule has 0 saturated carbocycles. The largest absolute Gasteiger partial charge is 0.350 e. The monoisotopic (exact) mass is 210 g/mol. The van der Waals surface area contributed by atoms with E-state index in [4.69, 9.17) is 0 Å². The zero-order valence-corrected chi connectivity index (χ0v) is 9.66. The maximum absolute atomic E-state index is 11.7. The number of hydrogen-bond acceptors (Lipinski definition) is 3. The lowest BCUT2D eigenvalue weighted by molar-refractivity contribution is 0.0950.